The summed E-state index contributed by atoms with van der Waals surface area (Å²) in [6, 6.07) is 60.4. The van der Waals surface area contributed by atoms with Crippen molar-refractivity contribution in [1.29, 1.82) is 0 Å². The Morgan fingerprint density at radius 2 is 1.03 bits per heavy atom. The lowest BCUT2D eigenvalue weighted by Gasteiger charge is -2.29. The molecule has 0 fully saturated rings. The minimum Gasteiger partial charge on any atom is -0.311 e. The van der Waals surface area contributed by atoms with Crippen LogP contribution >= 0.6 is 0 Å². The maximum absolute atomic E-state index is 2.45. The lowest BCUT2D eigenvalue weighted by atomic mass is 9.76. The number of rotatable bonds is 8. The molecule has 1 aromatic heterocycles. The average Bonchev–Trinajstić information content (AvgIpc) is 3.60. The Balaban J connectivity index is 1.00. The Hall–Kier alpha value is -6.90. The number of hydrogen-bond acceptors (Lipinski definition) is 1. The molecular formula is C58H50N2. The first-order valence-corrected chi connectivity index (χ1v) is 21.4. The zero-order valence-electron chi connectivity index (χ0n) is 34.9. The molecule has 2 heteroatoms. The number of aryl methyl sites for hydroxylation is 2. The number of aromatic nitrogens is 1. The van der Waals surface area contributed by atoms with Crippen LogP contribution in [0.2, 0.25) is 0 Å². The van der Waals surface area contributed by atoms with Gasteiger partial charge in [-0.15, -0.1) is 0 Å². The summed E-state index contributed by atoms with van der Waals surface area (Å²) in [6.07, 6.45) is 15.1. The van der Waals surface area contributed by atoms with Crippen molar-refractivity contribution in [1.82, 2.24) is 4.57 Å². The van der Waals surface area contributed by atoms with E-state index in [4.69, 9.17) is 0 Å². The van der Waals surface area contributed by atoms with Crippen molar-refractivity contribution in [2.45, 2.75) is 34.1 Å². The molecule has 0 amide bonds. The molecule has 0 spiro atoms. The van der Waals surface area contributed by atoms with E-state index in [-0.39, 0.29) is 0 Å². The number of benzene rings is 7. The first kappa shape index (κ1) is 37.4. The summed E-state index contributed by atoms with van der Waals surface area (Å²) in [5.41, 5.74) is 18.4. The zero-order chi connectivity index (χ0) is 40.7. The highest BCUT2D eigenvalue weighted by atomic mass is 15.1. The van der Waals surface area contributed by atoms with E-state index < -0.39 is 0 Å². The summed E-state index contributed by atoms with van der Waals surface area (Å²) in [5, 5.41) is 2.59. The van der Waals surface area contributed by atoms with Crippen LogP contribution in [0.15, 0.2) is 206 Å². The van der Waals surface area contributed by atoms with Crippen LogP contribution in [0.1, 0.15) is 37.0 Å². The number of nitrogens with zero attached hydrogens (tertiary/aromatic N) is 2. The molecule has 1 heterocycles. The molecule has 60 heavy (non-hydrogen) atoms. The summed E-state index contributed by atoms with van der Waals surface area (Å²) >= 11 is 0. The third-order valence-corrected chi connectivity index (χ3v) is 12.5. The number of hydrogen-bond donors (Lipinski definition) is 0. The van der Waals surface area contributed by atoms with Gasteiger partial charge in [-0.05, 0) is 138 Å². The highest BCUT2D eigenvalue weighted by molar-refractivity contribution is 6.09. The summed E-state index contributed by atoms with van der Waals surface area (Å²) in [5.74, 6) is 1.48. The van der Waals surface area contributed by atoms with Gasteiger partial charge in [0.25, 0.3) is 0 Å². The van der Waals surface area contributed by atoms with Crippen LogP contribution < -0.4 is 4.90 Å². The summed E-state index contributed by atoms with van der Waals surface area (Å²) in [4.78, 5) is 2.38. The van der Waals surface area contributed by atoms with Crippen LogP contribution in [0.5, 0.6) is 0 Å². The zero-order valence-corrected chi connectivity index (χ0v) is 34.9. The normalized spacial score (nSPS) is 17.5. The molecule has 10 rings (SSSR count). The molecule has 2 aliphatic rings. The van der Waals surface area contributed by atoms with Crippen LogP contribution in [-0.2, 0) is 0 Å². The van der Waals surface area contributed by atoms with Crippen LogP contribution in [-0.4, -0.2) is 4.57 Å². The number of allylic oxidation sites excluding steroid dienone is 8. The fourth-order valence-electron chi connectivity index (χ4n) is 9.48. The molecule has 0 N–H and O–H groups in total. The third-order valence-electron chi connectivity index (χ3n) is 12.5. The number of anilines is 3. The van der Waals surface area contributed by atoms with Crippen molar-refractivity contribution in [3.63, 3.8) is 0 Å². The Bertz CT molecular complexity index is 2910. The van der Waals surface area contributed by atoms with Crippen molar-refractivity contribution in [2.75, 3.05) is 4.90 Å². The lowest BCUT2D eigenvalue weighted by molar-refractivity contribution is 0.532. The Morgan fingerprint density at radius 3 is 1.63 bits per heavy atom. The van der Waals surface area contributed by atoms with Gasteiger partial charge in [0, 0.05) is 39.4 Å². The fraction of sp³-hybridized carbons (Fsp3) is 0.138. The van der Waals surface area contributed by atoms with Gasteiger partial charge in [-0.3, -0.25) is 0 Å². The first-order valence-electron chi connectivity index (χ1n) is 21.4. The minimum atomic E-state index is 0.461. The van der Waals surface area contributed by atoms with Gasteiger partial charge in [0.05, 0.1) is 11.0 Å². The van der Waals surface area contributed by atoms with Crippen LogP contribution in [0, 0.1) is 31.6 Å². The Labute approximate surface area is 354 Å². The molecule has 0 saturated heterocycles. The lowest BCUT2D eigenvalue weighted by Crippen LogP contribution is -2.16. The van der Waals surface area contributed by atoms with Gasteiger partial charge < -0.3 is 9.47 Å². The van der Waals surface area contributed by atoms with Gasteiger partial charge in [0.2, 0.25) is 0 Å². The van der Waals surface area contributed by atoms with Gasteiger partial charge in [-0.1, -0.05) is 158 Å². The van der Waals surface area contributed by atoms with Crippen molar-refractivity contribution in [3.8, 4) is 27.9 Å². The average molecular weight is 775 g/mol. The fourth-order valence-corrected chi connectivity index (χ4v) is 9.48. The first-order chi connectivity index (χ1) is 29.4. The monoisotopic (exact) mass is 774 g/mol. The molecule has 0 saturated carbocycles. The maximum atomic E-state index is 2.45. The predicted molar refractivity (Wildman–Crippen MR) is 257 cm³/mol. The van der Waals surface area contributed by atoms with Gasteiger partial charge >= 0.3 is 0 Å². The molecule has 2 nitrogen and oxygen atoms in total. The molecular weight excluding hydrogens is 725 g/mol. The van der Waals surface area contributed by atoms with E-state index in [2.05, 4.69) is 237 Å². The second kappa shape index (κ2) is 15.7. The molecule has 8 aromatic rings. The Kier molecular flexibility index (Phi) is 9.78. The van der Waals surface area contributed by atoms with E-state index in [1.807, 2.05) is 0 Å². The van der Waals surface area contributed by atoms with Gasteiger partial charge in [-0.25, -0.2) is 0 Å². The van der Waals surface area contributed by atoms with Crippen molar-refractivity contribution >= 4 is 44.4 Å². The minimum absolute atomic E-state index is 0.461. The van der Waals surface area contributed by atoms with Crippen LogP contribution in [0.25, 0.3) is 55.3 Å². The second-order valence-electron chi connectivity index (χ2n) is 16.9. The topological polar surface area (TPSA) is 8.17 Å². The van der Waals surface area contributed by atoms with E-state index in [0.29, 0.717) is 17.8 Å². The van der Waals surface area contributed by atoms with Gasteiger partial charge in [0.1, 0.15) is 0 Å². The van der Waals surface area contributed by atoms with Gasteiger partial charge in [0.15, 0.2) is 0 Å². The summed E-state index contributed by atoms with van der Waals surface area (Å²) in [7, 11) is 0. The molecule has 7 aromatic carbocycles. The SMILES string of the molecule is Cc1ccc2c(c1)c1cc(C)ccc1n2-c1cccc(-c2ccc(N(c3ccc(C4=CC(C)CC(C5C=CC=CC5C)=C4)cc3)c3ccc(-c4ccccc4)cc3)cc2)c1. The molecule has 0 radical (unpaired) electrons. The van der Waals surface area contributed by atoms with E-state index in [1.54, 1.807) is 0 Å². The highest BCUT2D eigenvalue weighted by Gasteiger charge is 2.24. The van der Waals surface area contributed by atoms with Crippen molar-refractivity contribution < 1.29 is 0 Å². The summed E-state index contributed by atoms with van der Waals surface area (Å²) in [6.45, 7) is 9.04. The number of fused-ring (bicyclic) bond motifs is 3. The maximum Gasteiger partial charge on any atom is 0.0541 e. The second-order valence-corrected chi connectivity index (χ2v) is 16.9. The quantitative estimate of drug-likeness (QED) is 0.149. The molecule has 292 valence electrons. The molecule has 0 bridgehead atoms. The van der Waals surface area contributed by atoms with Crippen LogP contribution in [0.3, 0.4) is 0 Å². The van der Waals surface area contributed by atoms with Crippen LogP contribution in [0.4, 0.5) is 17.1 Å². The van der Waals surface area contributed by atoms with Gasteiger partial charge in [-0.2, -0.15) is 0 Å². The van der Waals surface area contributed by atoms with E-state index in [9.17, 15) is 0 Å². The highest BCUT2D eigenvalue weighted by Crippen LogP contribution is 2.41. The van der Waals surface area contributed by atoms with E-state index >= 15 is 0 Å². The molecule has 2 aliphatic carbocycles. The standard InChI is InChI=1S/C58H50N2/c1-39-17-31-57-55(35-39)56-36-40(2)18-32-58(56)60(57)53-15-10-14-47(38-53)45-21-27-51(28-22-45)59(50-25-19-44(20-26-50)43-12-6-5-7-13-43)52-29-23-46(24-30-52)48-33-41(3)34-49(37-48)54-16-9-8-11-42(54)4/h5-33,35-38,41-42,54H,34H2,1-4H3. The smallest absolute Gasteiger partial charge is 0.0541 e. The summed E-state index contributed by atoms with van der Waals surface area (Å²) < 4.78 is 2.41. The largest absolute Gasteiger partial charge is 0.311 e. The van der Waals surface area contributed by atoms with Crippen molar-refractivity contribution in [3.05, 3.63) is 223 Å². The Morgan fingerprint density at radius 1 is 0.500 bits per heavy atom. The molecule has 0 aliphatic heterocycles. The van der Waals surface area contributed by atoms with Crippen molar-refractivity contribution in [2.24, 2.45) is 17.8 Å². The van der Waals surface area contributed by atoms with E-state index in [1.165, 1.54) is 71.9 Å². The predicted octanol–water partition coefficient (Wildman–Crippen LogP) is 15.9. The molecule has 3 unspecified atom stereocenters. The van der Waals surface area contributed by atoms with E-state index in [0.717, 1.165) is 29.2 Å². The molecule has 3 atom stereocenters. The third kappa shape index (κ3) is 7.13.